The fourth-order valence-corrected chi connectivity index (χ4v) is 2.48. The Morgan fingerprint density at radius 3 is 2.14 bits per heavy atom. The number of aliphatic hydroxyl groups is 1. The van der Waals surface area contributed by atoms with Gasteiger partial charge in [-0.15, -0.1) is 0 Å². The fraction of sp³-hybridized carbons (Fsp3) is 1.00. The molecule has 2 heteroatoms. The van der Waals surface area contributed by atoms with Crippen molar-refractivity contribution in [3.63, 3.8) is 0 Å². The lowest BCUT2D eigenvalue weighted by molar-refractivity contribution is 0.189. The predicted octanol–water partition coefficient (Wildman–Crippen LogP) is 1.98. The van der Waals surface area contributed by atoms with Gasteiger partial charge in [0.1, 0.15) is 0 Å². The van der Waals surface area contributed by atoms with Gasteiger partial charge in [-0.3, -0.25) is 0 Å². The molecule has 84 valence electrons. The van der Waals surface area contributed by atoms with Crippen molar-refractivity contribution < 1.29 is 5.11 Å². The zero-order chi connectivity index (χ0) is 10.7. The highest BCUT2D eigenvalue weighted by Gasteiger charge is 2.33. The van der Waals surface area contributed by atoms with Gasteiger partial charge in [-0.2, -0.15) is 0 Å². The van der Waals surface area contributed by atoms with Crippen LogP contribution in [0, 0.1) is 17.8 Å². The minimum atomic E-state index is 0.362. The zero-order valence-electron chi connectivity index (χ0n) is 10.0. The molecule has 1 aliphatic rings. The maximum Gasteiger partial charge on any atom is 0.0474 e. The molecular formula is C12H25NO. The lowest BCUT2D eigenvalue weighted by atomic mass is 9.89. The second-order valence-corrected chi connectivity index (χ2v) is 5.38. The molecule has 0 aromatic rings. The summed E-state index contributed by atoms with van der Waals surface area (Å²) in [6, 6.07) is 0.626. The Bertz CT molecular complexity index is 168. The van der Waals surface area contributed by atoms with Gasteiger partial charge >= 0.3 is 0 Å². The highest BCUT2D eigenvalue weighted by molar-refractivity contribution is 4.85. The van der Waals surface area contributed by atoms with Gasteiger partial charge in [0.15, 0.2) is 0 Å². The van der Waals surface area contributed by atoms with Crippen LogP contribution in [0.3, 0.4) is 0 Å². The van der Waals surface area contributed by atoms with E-state index in [0.717, 1.165) is 12.5 Å². The van der Waals surface area contributed by atoms with Crippen molar-refractivity contribution in [1.82, 2.24) is 4.90 Å². The van der Waals surface area contributed by atoms with Crippen LogP contribution < -0.4 is 0 Å². The Balaban J connectivity index is 2.49. The van der Waals surface area contributed by atoms with Crippen molar-refractivity contribution in [2.45, 2.75) is 40.2 Å². The Labute approximate surface area is 88.3 Å². The minimum Gasteiger partial charge on any atom is -0.396 e. The average Bonchev–Trinajstić information content (AvgIpc) is 2.46. The van der Waals surface area contributed by atoms with E-state index in [2.05, 4.69) is 32.6 Å². The second-order valence-electron chi connectivity index (χ2n) is 5.38. The highest BCUT2D eigenvalue weighted by atomic mass is 16.3. The topological polar surface area (TPSA) is 23.5 Å². The van der Waals surface area contributed by atoms with Crippen molar-refractivity contribution >= 4 is 0 Å². The van der Waals surface area contributed by atoms with Crippen LogP contribution in [-0.4, -0.2) is 35.7 Å². The lowest BCUT2D eigenvalue weighted by Crippen LogP contribution is -2.28. The molecule has 2 unspecified atom stereocenters. The first kappa shape index (κ1) is 12.0. The third-order valence-electron chi connectivity index (χ3n) is 3.34. The quantitative estimate of drug-likeness (QED) is 0.748. The maximum atomic E-state index is 9.32. The Hall–Kier alpha value is -0.0800. The molecule has 1 fully saturated rings. The maximum absolute atomic E-state index is 9.32. The van der Waals surface area contributed by atoms with E-state index >= 15 is 0 Å². The Morgan fingerprint density at radius 1 is 1.14 bits per heavy atom. The van der Waals surface area contributed by atoms with Crippen LogP contribution in [0.4, 0.5) is 0 Å². The third-order valence-corrected chi connectivity index (χ3v) is 3.34. The van der Waals surface area contributed by atoms with Crippen molar-refractivity contribution in [3.8, 4) is 0 Å². The molecule has 0 bridgehead atoms. The molecule has 0 spiro atoms. The van der Waals surface area contributed by atoms with Crippen LogP contribution in [-0.2, 0) is 0 Å². The first-order valence-electron chi connectivity index (χ1n) is 5.89. The SMILES string of the molecule is CC(C)CC1CN(C(C)C)CC1CO. The van der Waals surface area contributed by atoms with Crippen LogP contribution in [0.15, 0.2) is 0 Å². The molecule has 1 rings (SSSR count). The van der Waals surface area contributed by atoms with E-state index in [4.69, 9.17) is 0 Å². The largest absolute Gasteiger partial charge is 0.396 e. The Kier molecular flexibility index (Phi) is 4.39. The van der Waals surface area contributed by atoms with Crippen LogP contribution >= 0.6 is 0 Å². The van der Waals surface area contributed by atoms with E-state index in [0.29, 0.717) is 24.5 Å². The van der Waals surface area contributed by atoms with Crippen molar-refractivity contribution in [2.24, 2.45) is 17.8 Å². The third kappa shape index (κ3) is 2.96. The number of aliphatic hydroxyl groups excluding tert-OH is 1. The first-order valence-corrected chi connectivity index (χ1v) is 5.89. The molecule has 0 aromatic heterocycles. The lowest BCUT2D eigenvalue weighted by Gasteiger charge is -2.20. The monoisotopic (exact) mass is 199 g/mol. The molecule has 0 amide bonds. The highest BCUT2D eigenvalue weighted by Crippen LogP contribution is 2.29. The van der Waals surface area contributed by atoms with Crippen LogP contribution in [0.2, 0.25) is 0 Å². The predicted molar refractivity (Wildman–Crippen MR) is 60.2 cm³/mol. The van der Waals surface area contributed by atoms with E-state index in [-0.39, 0.29) is 0 Å². The van der Waals surface area contributed by atoms with Gasteiger partial charge in [-0.25, -0.2) is 0 Å². The van der Waals surface area contributed by atoms with E-state index < -0.39 is 0 Å². The number of rotatable bonds is 4. The molecule has 1 aliphatic heterocycles. The first-order chi connectivity index (χ1) is 6.54. The molecular weight excluding hydrogens is 174 g/mol. The second kappa shape index (κ2) is 5.13. The number of likely N-dealkylation sites (tertiary alicyclic amines) is 1. The minimum absolute atomic E-state index is 0.362. The van der Waals surface area contributed by atoms with Crippen molar-refractivity contribution in [3.05, 3.63) is 0 Å². The summed E-state index contributed by atoms with van der Waals surface area (Å²) in [5.41, 5.74) is 0. The smallest absolute Gasteiger partial charge is 0.0474 e. The number of hydrogen-bond donors (Lipinski definition) is 1. The van der Waals surface area contributed by atoms with Gasteiger partial charge in [-0.1, -0.05) is 13.8 Å². The van der Waals surface area contributed by atoms with Crippen LogP contribution in [0.25, 0.3) is 0 Å². The molecule has 1 heterocycles. The van der Waals surface area contributed by atoms with E-state index in [1.165, 1.54) is 13.0 Å². The Morgan fingerprint density at radius 2 is 1.71 bits per heavy atom. The molecule has 1 saturated heterocycles. The van der Waals surface area contributed by atoms with Gasteiger partial charge in [0.25, 0.3) is 0 Å². The van der Waals surface area contributed by atoms with E-state index in [1.54, 1.807) is 0 Å². The summed E-state index contributed by atoms with van der Waals surface area (Å²) in [6.07, 6.45) is 1.26. The molecule has 2 nitrogen and oxygen atoms in total. The summed E-state index contributed by atoms with van der Waals surface area (Å²) in [6.45, 7) is 11.7. The van der Waals surface area contributed by atoms with Gasteiger partial charge in [0.05, 0.1) is 0 Å². The molecule has 2 atom stereocenters. The van der Waals surface area contributed by atoms with E-state index in [9.17, 15) is 5.11 Å². The fourth-order valence-electron chi connectivity index (χ4n) is 2.48. The molecule has 0 saturated carbocycles. The molecule has 0 aliphatic carbocycles. The molecule has 0 aromatic carbocycles. The summed E-state index contributed by atoms with van der Waals surface area (Å²) >= 11 is 0. The summed E-state index contributed by atoms with van der Waals surface area (Å²) < 4.78 is 0. The van der Waals surface area contributed by atoms with Crippen molar-refractivity contribution in [2.75, 3.05) is 19.7 Å². The summed E-state index contributed by atoms with van der Waals surface area (Å²) in [5.74, 6) is 1.98. The standard InChI is InChI=1S/C12H25NO/c1-9(2)5-11-6-13(10(3)4)7-12(11)8-14/h9-12,14H,5-8H2,1-4H3. The normalized spacial score (nSPS) is 29.4. The van der Waals surface area contributed by atoms with E-state index in [1.807, 2.05) is 0 Å². The summed E-state index contributed by atoms with van der Waals surface area (Å²) in [4.78, 5) is 2.49. The molecule has 1 N–H and O–H groups in total. The number of hydrogen-bond acceptors (Lipinski definition) is 2. The van der Waals surface area contributed by atoms with Crippen LogP contribution in [0.5, 0.6) is 0 Å². The summed E-state index contributed by atoms with van der Waals surface area (Å²) in [5, 5.41) is 9.32. The number of nitrogens with zero attached hydrogens (tertiary/aromatic N) is 1. The van der Waals surface area contributed by atoms with Gasteiger partial charge in [-0.05, 0) is 38.0 Å². The van der Waals surface area contributed by atoms with Gasteiger partial charge in [0.2, 0.25) is 0 Å². The molecule has 14 heavy (non-hydrogen) atoms. The summed E-state index contributed by atoms with van der Waals surface area (Å²) in [7, 11) is 0. The van der Waals surface area contributed by atoms with Gasteiger partial charge in [0, 0.05) is 25.7 Å². The molecule has 0 radical (unpaired) electrons. The van der Waals surface area contributed by atoms with Crippen molar-refractivity contribution in [1.29, 1.82) is 0 Å². The zero-order valence-corrected chi connectivity index (χ0v) is 10.0. The van der Waals surface area contributed by atoms with Crippen LogP contribution in [0.1, 0.15) is 34.1 Å². The van der Waals surface area contributed by atoms with Gasteiger partial charge < -0.3 is 10.0 Å². The average molecular weight is 199 g/mol.